The summed E-state index contributed by atoms with van der Waals surface area (Å²) in [5.74, 6) is -0.695. The molecule has 0 aliphatic heterocycles. The lowest BCUT2D eigenvalue weighted by atomic mass is 10.4. The van der Waals surface area contributed by atoms with Gasteiger partial charge in [0.15, 0.2) is 5.69 Å². The Labute approximate surface area is 69.2 Å². The Hall–Kier alpha value is -1.73. The Morgan fingerprint density at radius 1 is 1.62 bits per heavy atom. The molecule has 0 unspecified atom stereocenters. The Balaban J connectivity index is 2.81. The number of carbonyl (C=O) groups is 1. The van der Waals surface area contributed by atoms with Gasteiger partial charge in [0.2, 0.25) is 0 Å². The molecule has 0 aromatic carbocycles. The van der Waals surface area contributed by atoms with Crippen molar-refractivity contribution in [1.29, 1.82) is 0 Å². The molecule has 72 valence electrons. The summed E-state index contributed by atoms with van der Waals surface area (Å²) in [4.78, 5) is 10.1. The summed E-state index contributed by atoms with van der Waals surface area (Å²) < 4.78 is 43.5. The van der Waals surface area contributed by atoms with Crippen LogP contribution in [0.5, 0.6) is 5.95 Å². The molecule has 0 radical (unpaired) electrons. The highest BCUT2D eigenvalue weighted by molar-refractivity contribution is 5.67. The number of rotatable bonds is 1. The maximum atomic E-state index is 11.8. The minimum absolute atomic E-state index is 0.421. The van der Waals surface area contributed by atoms with Crippen LogP contribution in [0.4, 0.5) is 18.0 Å². The molecule has 13 heavy (non-hydrogen) atoms. The van der Waals surface area contributed by atoms with Crippen LogP contribution < -0.4 is 10.5 Å². The van der Waals surface area contributed by atoms with Crippen molar-refractivity contribution >= 4 is 6.09 Å². The van der Waals surface area contributed by atoms with Crippen molar-refractivity contribution in [2.75, 3.05) is 0 Å². The van der Waals surface area contributed by atoms with Gasteiger partial charge in [-0.25, -0.2) is 4.79 Å². The fraction of sp³-hybridized carbons (Fsp3) is 0.200. The number of nitrogens with zero attached hydrogens (tertiary/aromatic N) is 1. The van der Waals surface area contributed by atoms with E-state index in [-0.39, 0.29) is 0 Å². The largest absolute Gasteiger partial charge is 0.436 e. The summed E-state index contributed by atoms with van der Waals surface area (Å²) in [5, 5.41) is 2.61. The Kier molecular flexibility index (Phi) is 2.13. The first-order valence-electron chi connectivity index (χ1n) is 2.91. The number of hydrogen-bond acceptors (Lipinski definition) is 4. The molecule has 1 amide bonds. The number of aromatic nitrogens is 1. The SMILES string of the molecule is NC(=O)Oc1cc(C(F)(F)F)no1. The lowest BCUT2D eigenvalue weighted by molar-refractivity contribution is -0.142. The maximum Gasteiger partial charge on any atom is 0.436 e. The summed E-state index contributed by atoms with van der Waals surface area (Å²) in [7, 11) is 0. The van der Waals surface area contributed by atoms with Crippen LogP contribution >= 0.6 is 0 Å². The molecule has 0 fully saturated rings. The number of halogens is 3. The number of carbonyl (C=O) groups excluding carboxylic acids is 1. The normalized spacial score (nSPS) is 11.3. The first-order valence-corrected chi connectivity index (χ1v) is 2.91. The smallest absolute Gasteiger partial charge is 0.374 e. The second-order valence-corrected chi connectivity index (χ2v) is 1.95. The number of primary amides is 1. The third-order valence-electron chi connectivity index (χ3n) is 0.980. The molecule has 0 saturated carbocycles. The topological polar surface area (TPSA) is 78.4 Å². The van der Waals surface area contributed by atoms with Gasteiger partial charge < -0.3 is 15.0 Å². The number of nitrogens with two attached hydrogens (primary N) is 1. The average Bonchev–Trinajstić information content (AvgIpc) is 2.32. The van der Waals surface area contributed by atoms with Gasteiger partial charge in [0, 0.05) is 0 Å². The molecule has 0 bridgehead atoms. The van der Waals surface area contributed by atoms with Crippen molar-refractivity contribution in [3.8, 4) is 5.95 Å². The van der Waals surface area contributed by atoms with E-state index in [1.807, 2.05) is 0 Å². The summed E-state index contributed by atoms with van der Waals surface area (Å²) in [6, 6.07) is 0.421. The van der Waals surface area contributed by atoms with Crippen LogP contribution in [0, 0.1) is 0 Å². The second-order valence-electron chi connectivity index (χ2n) is 1.95. The van der Waals surface area contributed by atoms with Crippen molar-refractivity contribution in [2.45, 2.75) is 6.18 Å². The van der Waals surface area contributed by atoms with E-state index in [0.29, 0.717) is 6.07 Å². The predicted octanol–water partition coefficient (Wildman–Crippen LogP) is 1.15. The maximum absolute atomic E-state index is 11.8. The van der Waals surface area contributed by atoms with Crippen LogP contribution in [-0.2, 0) is 6.18 Å². The molecule has 1 aromatic heterocycles. The van der Waals surface area contributed by atoms with Crippen molar-refractivity contribution < 1.29 is 27.2 Å². The summed E-state index contributed by atoms with van der Waals surface area (Å²) in [6.07, 6.45) is -5.91. The van der Waals surface area contributed by atoms with Gasteiger partial charge in [-0.05, 0) is 0 Å². The van der Waals surface area contributed by atoms with Crippen LogP contribution in [0.3, 0.4) is 0 Å². The van der Waals surface area contributed by atoms with Gasteiger partial charge in [-0.15, -0.1) is 0 Å². The molecule has 2 N–H and O–H groups in total. The molecule has 8 heteroatoms. The molecule has 5 nitrogen and oxygen atoms in total. The van der Waals surface area contributed by atoms with E-state index in [4.69, 9.17) is 0 Å². The molecule has 0 saturated heterocycles. The lowest BCUT2D eigenvalue weighted by Crippen LogP contribution is -2.15. The Morgan fingerprint density at radius 2 is 2.23 bits per heavy atom. The highest BCUT2D eigenvalue weighted by Gasteiger charge is 2.35. The van der Waals surface area contributed by atoms with Crippen molar-refractivity contribution in [1.82, 2.24) is 5.16 Å². The quantitative estimate of drug-likeness (QED) is 0.730. The van der Waals surface area contributed by atoms with E-state index in [2.05, 4.69) is 20.2 Å². The fourth-order valence-corrected chi connectivity index (χ4v) is 0.539. The predicted molar refractivity (Wildman–Crippen MR) is 31.7 cm³/mol. The van der Waals surface area contributed by atoms with E-state index in [0.717, 1.165) is 0 Å². The van der Waals surface area contributed by atoms with Gasteiger partial charge in [-0.2, -0.15) is 13.2 Å². The Bertz CT molecular complexity index is 319. The zero-order chi connectivity index (χ0) is 10.1. The van der Waals surface area contributed by atoms with Crippen LogP contribution in [0.15, 0.2) is 10.6 Å². The zero-order valence-corrected chi connectivity index (χ0v) is 5.96. The van der Waals surface area contributed by atoms with Gasteiger partial charge in [0.25, 0.3) is 0 Å². The van der Waals surface area contributed by atoms with Crippen LogP contribution in [-0.4, -0.2) is 11.2 Å². The molecular weight excluding hydrogens is 193 g/mol. The number of alkyl halides is 3. The second kappa shape index (κ2) is 2.96. The fourth-order valence-electron chi connectivity index (χ4n) is 0.539. The molecular formula is C5H3F3N2O3. The number of hydrogen-bond donors (Lipinski definition) is 1. The van der Waals surface area contributed by atoms with E-state index >= 15 is 0 Å². The highest BCUT2D eigenvalue weighted by Crippen LogP contribution is 2.30. The van der Waals surface area contributed by atoms with E-state index in [1.165, 1.54) is 0 Å². The summed E-state index contributed by atoms with van der Waals surface area (Å²) in [5.41, 5.74) is 3.22. The molecule has 1 aromatic rings. The first kappa shape index (κ1) is 9.36. The number of amides is 1. The molecule has 1 rings (SSSR count). The standard InChI is InChI=1S/C5H3F3N2O3/c6-5(7,8)2-1-3(13-10-2)12-4(9)11/h1H,(H2,9,11). The van der Waals surface area contributed by atoms with Crippen molar-refractivity contribution in [3.05, 3.63) is 11.8 Å². The lowest BCUT2D eigenvalue weighted by Gasteiger charge is -1.97. The van der Waals surface area contributed by atoms with Crippen molar-refractivity contribution in [2.24, 2.45) is 5.73 Å². The third-order valence-corrected chi connectivity index (χ3v) is 0.980. The van der Waals surface area contributed by atoms with Gasteiger partial charge in [-0.3, -0.25) is 0 Å². The van der Waals surface area contributed by atoms with Gasteiger partial charge in [0.05, 0.1) is 6.07 Å². The third kappa shape index (κ3) is 2.36. The van der Waals surface area contributed by atoms with Crippen LogP contribution in [0.2, 0.25) is 0 Å². The van der Waals surface area contributed by atoms with Crippen LogP contribution in [0.25, 0.3) is 0 Å². The molecule has 1 heterocycles. The molecule has 0 aliphatic carbocycles. The zero-order valence-electron chi connectivity index (χ0n) is 5.96. The Morgan fingerprint density at radius 3 is 2.62 bits per heavy atom. The van der Waals surface area contributed by atoms with E-state index in [9.17, 15) is 18.0 Å². The average molecular weight is 196 g/mol. The van der Waals surface area contributed by atoms with Crippen LogP contribution in [0.1, 0.15) is 5.69 Å². The highest BCUT2D eigenvalue weighted by atomic mass is 19.4. The minimum Gasteiger partial charge on any atom is -0.374 e. The molecule has 0 aliphatic rings. The minimum atomic E-state index is -4.64. The van der Waals surface area contributed by atoms with Crippen molar-refractivity contribution in [3.63, 3.8) is 0 Å². The number of ether oxygens (including phenoxy) is 1. The monoisotopic (exact) mass is 196 g/mol. The van der Waals surface area contributed by atoms with Gasteiger partial charge >= 0.3 is 18.2 Å². The van der Waals surface area contributed by atoms with Gasteiger partial charge in [0.1, 0.15) is 0 Å². The first-order chi connectivity index (χ1) is 5.89. The molecule has 0 atom stereocenters. The van der Waals surface area contributed by atoms with E-state index in [1.54, 1.807) is 0 Å². The molecule has 0 spiro atoms. The summed E-state index contributed by atoms with van der Waals surface area (Å²) >= 11 is 0. The van der Waals surface area contributed by atoms with E-state index < -0.39 is 23.9 Å². The van der Waals surface area contributed by atoms with Gasteiger partial charge in [-0.1, -0.05) is 5.16 Å². The summed E-state index contributed by atoms with van der Waals surface area (Å²) in [6.45, 7) is 0.